The number of tetrazole rings is 1. The molecule has 0 aromatic carbocycles. The third-order valence-electron chi connectivity index (χ3n) is 1.29. The Balaban J connectivity index is 2.75. The molecule has 68 valence electrons. The van der Waals surface area contributed by atoms with E-state index >= 15 is 0 Å². The summed E-state index contributed by atoms with van der Waals surface area (Å²) in [6.07, 6.45) is 0. The van der Waals surface area contributed by atoms with Crippen molar-refractivity contribution in [3.05, 3.63) is 12.1 Å². The van der Waals surface area contributed by atoms with Gasteiger partial charge in [-0.1, -0.05) is 0 Å². The molecular formula is C4H2ClN5O2S. The van der Waals surface area contributed by atoms with Crippen LogP contribution in [-0.2, 0) is 9.05 Å². The maximum absolute atomic E-state index is 10.8. The van der Waals surface area contributed by atoms with E-state index in [0.29, 0.717) is 5.65 Å². The Morgan fingerprint density at radius 3 is 2.85 bits per heavy atom. The molecule has 7 nitrogen and oxygen atoms in total. The maximum Gasteiger partial charge on any atom is 0.280 e. The zero-order valence-electron chi connectivity index (χ0n) is 5.99. The Labute approximate surface area is 76.7 Å². The molecule has 0 saturated carbocycles. The van der Waals surface area contributed by atoms with Gasteiger partial charge in [0.1, 0.15) is 0 Å². The Morgan fingerprint density at radius 1 is 1.38 bits per heavy atom. The van der Waals surface area contributed by atoms with Crippen LogP contribution in [0, 0.1) is 0 Å². The first-order valence-electron chi connectivity index (χ1n) is 3.07. The number of nitrogens with zero attached hydrogens (tertiary/aromatic N) is 5. The highest BCUT2D eigenvalue weighted by atomic mass is 35.7. The molecule has 0 bridgehead atoms. The average Bonchev–Trinajstić information content (AvgIpc) is 2.47. The second-order valence-electron chi connectivity index (χ2n) is 2.14. The van der Waals surface area contributed by atoms with E-state index in [1.165, 1.54) is 12.1 Å². The van der Waals surface area contributed by atoms with Gasteiger partial charge < -0.3 is 0 Å². The SMILES string of the molecule is O=S(=O)(Cl)c1ccc2nnnn2n1. The highest BCUT2D eigenvalue weighted by Gasteiger charge is 2.13. The van der Waals surface area contributed by atoms with Gasteiger partial charge in [-0.25, -0.2) is 8.42 Å². The van der Waals surface area contributed by atoms with Gasteiger partial charge in [-0.05, 0) is 22.6 Å². The lowest BCUT2D eigenvalue weighted by Crippen LogP contribution is -2.01. The van der Waals surface area contributed by atoms with Gasteiger partial charge in [0.15, 0.2) is 10.7 Å². The molecule has 2 aromatic rings. The van der Waals surface area contributed by atoms with Gasteiger partial charge in [-0.15, -0.1) is 14.8 Å². The van der Waals surface area contributed by atoms with Crippen LogP contribution in [0.25, 0.3) is 5.65 Å². The van der Waals surface area contributed by atoms with Gasteiger partial charge in [0.05, 0.1) is 0 Å². The van der Waals surface area contributed by atoms with Gasteiger partial charge in [-0.3, -0.25) is 0 Å². The third-order valence-corrected chi connectivity index (χ3v) is 2.49. The van der Waals surface area contributed by atoms with Crippen LogP contribution in [0.15, 0.2) is 17.2 Å². The minimum absolute atomic E-state index is 0.283. The highest BCUT2D eigenvalue weighted by molar-refractivity contribution is 8.13. The molecule has 0 amide bonds. The molecule has 0 N–H and O–H groups in total. The predicted octanol–water partition coefficient (Wildman–Crippen LogP) is -0.553. The van der Waals surface area contributed by atoms with Gasteiger partial charge in [0.25, 0.3) is 9.05 Å². The van der Waals surface area contributed by atoms with Gasteiger partial charge >= 0.3 is 0 Å². The van der Waals surface area contributed by atoms with Crippen molar-refractivity contribution in [2.24, 2.45) is 0 Å². The van der Waals surface area contributed by atoms with Crippen LogP contribution in [0.2, 0.25) is 0 Å². The van der Waals surface area contributed by atoms with Crippen molar-refractivity contribution in [2.75, 3.05) is 0 Å². The van der Waals surface area contributed by atoms with Crippen LogP contribution >= 0.6 is 10.7 Å². The van der Waals surface area contributed by atoms with Gasteiger partial charge in [0, 0.05) is 10.7 Å². The van der Waals surface area contributed by atoms with Crippen LogP contribution in [0.4, 0.5) is 0 Å². The maximum atomic E-state index is 10.8. The minimum Gasteiger partial charge on any atom is -0.205 e. The van der Waals surface area contributed by atoms with E-state index < -0.39 is 9.05 Å². The lowest BCUT2D eigenvalue weighted by atomic mass is 10.6. The number of hydrogen-bond donors (Lipinski definition) is 0. The number of aromatic nitrogens is 5. The number of rotatable bonds is 1. The number of hydrogen-bond acceptors (Lipinski definition) is 6. The van der Waals surface area contributed by atoms with Gasteiger partial charge in [0.2, 0.25) is 0 Å². The fraction of sp³-hybridized carbons (Fsp3) is 0. The summed E-state index contributed by atoms with van der Waals surface area (Å²) in [5.74, 6) is 0. The molecule has 0 atom stereocenters. The Morgan fingerprint density at radius 2 is 2.15 bits per heavy atom. The molecule has 13 heavy (non-hydrogen) atoms. The quantitative estimate of drug-likeness (QED) is 0.598. The predicted molar refractivity (Wildman–Crippen MR) is 41.6 cm³/mol. The molecule has 2 heterocycles. The topological polar surface area (TPSA) is 90.1 Å². The summed E-state index contributed by atoms with van der Waals surface area (Å²) in [7, 11) is 1.23. The smallest absolute Gasteiger partial charge is 0.205 e. The van der Waals surface area contributed by atoms with Crippen molar-refractivity contribution in [3.8, 4) is 0 Å². The van der Waals surface area contributed by atoms with E-state index in [1.807, 2.05) is 0 Å². The van der Waals surface area contributed by atoms with Crippen molar-refractivity contribution >= 4 is 25.4 Å². The molecular weight excluding hydrogens is 218 g/mol. The molecule has 2 aromatic heterocycles. The molecule has 0 aliphatic rings. The molecule has 2 rings (SSSR count). The van der Waals surface area contributed by atoms with E-state index in [1.54, 1.807) is 0 Å². The Kier molecular flexibility index (Phi) is 1.67. The van der Waals surface area contributed by atoms with Crippen molar-refractivity contribution in [3.63, 3.8) is 0 Å². The Hall–Kier alpha value is -1.28. The normalized spacial score (nSPS) is 12.1. The highest BCUT2D eigenvalue weighted by Crippen LogP contribution is 2.10. The van der Waals surface area contributed by atoms with Gasteiger partial charge in [-0.2, -0.15) is 0 Å². The summed E-state index contributed by atoms with van der Waals surface area (Å²) in [6.45, 7) is 0. The summed E-state index contributed by atoms with van der Waals surface area (Å²) in [5.41, 5.74) is 0.351. The molecule has 0 aliphatic carbocycles. The molecule has 0 radical (unpaired) electrons. The Bertz CT molecular complexity index is 548. The van der Waals surface area contributed by atoms with Crippen LogP contribution in [0.3, 0.4) is 0 Å². The first-order valence-corrected chi connectivity index (χ1v) is 5.38. The van der Waals surface area contributed by atoms with Crippen molar-refractivity contribution < 1.29 is 8.42 Å². The summed E-state index contributed by atoms with van der Waals surface area (Å²) < 4.78 is 22.6. The third kappa shape index (κ3) is 1.45. The molecule has 9 heteroatoms. The zero-order valence-corrected chi connectivity index (χ0v) is 7.57. The number of fused-ring (bicyclic) bond motifs is 1. The largest absolute Gasteiger partial charge is 0.280 e. The summed E-state index contributed by atoms with van der Waals surface area (Å²) in [4.78, 5) is 0. The molecule has 0 saturated heterocycles. The van der Waals surface area contributed by atoms with Crippen LogP contribution in [-0.4, -0.2) is 33.7 Å². The van der Waals surface area contributed by atoms with E-state index in [-0.39, 0.29) is 5.03 Å². The zero-order chi connectivity index (χ0) is 9.47. The summed E-state index contributed by atoms with van der Waals surface area (Å²) in [6, 6.07) is 2.64. The van der Waals surface area contributed by atoms with E-state index in [9.17, 15) is 8.42 Å². The molecule has 0 aliphatic heterocycles. The summed E-state index contributed by atoms with van der Waals surface area (Å²) >= 11 is 0. The standard InChI is InChI=1S/C4H2ClN5O2S/c5-13(11,12)4-2-1-3-6-8-9-10(3)7-4/h1-2H. The number of halogens is 1. The monoisotopic (exact) mass is 219 g/mol. The minimum atomic E-state index is -3.83. The van der Waals surface area contributed by atoms with Crippen LogP contribution < -0.4 is 0 Å². The van der Waals surface area contributed by atoms with E-state index in [2.05, 4.69) is 20.6 Å². The first-order chi connectivity index (χ1) is 6.07. The lowest BCUT2D eigenvalue weighted by molar-refractivity contribution is 0.598. The van der Waals surface area contributed by atoms with Crippen LogP contribution in [0.1, 0.15) is 0 Å². The first kappa shape index (κ1) is 8.32. The van der Waals surface area contributed by atoms with Crippen LogP contribution in [0.5, 0.6) is 0 Å². The fourth-order valence-corrected chi connectivity index (χ4v) is 1.42. The summed E-state index contributed by atoms with van der Waals surface area (Å²) in [5, 5.41) is 13.5. The fourth-order valence-electron chi connectivity index (χ4n) is 0.763. The van der Waals surface area contributed by atoms with Crippen molar-refractivity contribution in [1.29, 1.82) is 0 Å². The second kappa shape index (κ2) is 2.60. The van der Waals surface area contributed by atoms with E-state index in [0.717, 1.165) is 4.63 Å². The van der Waals surface area contributed by atoms with Crippen molar-refractivity contribution in [2.45, 2.75) is 5.03 Å². The molecule has 0 spiro atoms. The lowest BCUT2D eigenvalue weighted by Gasteiger charge is -1.92. The second-order valence-corrected chi connectivity index (χ2v) is 4.65. The van der Waals surface area contributed by atoms with E-state index in [4.69, 9.17) is 10.7 Å². The molecule has 0 unspecified atom stereocenters. The average molecular weight is 220 g/mol. The molecule has 0 fully saturated rings. The van der Waals surface area contributed by atoms with Crippen molar-refractivity contribution in [1.82, 2.24) is 25.3 Å².